The Bertz CT molecular complexity index is 95.8. The SMILES string of the molecule is CCOC(O)C(=O)NN. The van der Waals surface area contributed by atoms with Crippen molar-refractivity contribution in [1.82, 2.24) is 5.43 Å². The molecule has 1 atom stereocenters. The third kappa shape index (κ3) is 3.02. The largest absolute Gasteiger partial charge is 0.360 e. The molecule has 5 heteroatoms. The lowest BCUT2D eigenvalue weighted by atomic mass is 10.6. The van der Waals surface area contributed by atoms with E-state index in [1.807, 2.05) is 0 Å². The van der Waals surface area contributed by atoms with Gasteiger partial charge < -0.3 is 9.84 Å². The fraction of sp³-hybridized carbons (Fsp3) is 0.750. The number of amides is 1. The minimum Gasteiger partial charge on any atom is -0.360 e. The van der Waals surface area contributed by atoms with Gasteiger partial charge in [-0.05, 0) is 6.92 Å². The maximum Gasteiger partial charge on any atom is 0.290 e. The Kier molecular flexibility index (Phi) is 3.94. The lowest BCUT2D eigenvalue weighted by Gasteiger charge is -2.06. The Labute approximate surface area is 52.8 Å². The van der Waals surface area contributed by atoms with E-state index < -0.39 is 12.2 Å². The van der Waals surface area contributed by atoms with Crippen LogP contribution in [0, 0.1) is 0 Å². The average Bonchev–Trinajstić information content (AvgIpc) is 1.87. The van der Waals surface area contributed by atoms with Gasteiger partial charge in [0.05, 0.1) is 0 Å². The van der Waals surface area contributed by atoms with Gasteiger partial charge in [0.1, 0.15) is 0 Å². The third-order valence-corrected chi connectivity index (χ3v) is 0.691. The molecule has 0 aromatic carbocycles. The highest BCUT2D eigenvalue weighted by atomic mass is 16.6. The molecule has 0 rings (SSSR count). The summed E-state index contributed by atoms with van der Waals surface area (Å²) in [7, 11) is 0. The van der Waals surface area contributed by atoms with Gasteiger partial charge in [0, 0.05) is 6.61 Å². The highest BCUT2D eigenvalue weighted by Crippen LogP contribution is 1.83. The van der Waals surface area contributed by atoms with Crippen molar-refractivity contribution in [1.29, 1.82) is 0 Å². The summed E-state index contributed by atoms with van der Waals surface area (Å²) in [5.41, 5.74) is 1.74. The van der Waals surface area contributed by atoms with Crippen molar-refractivity contribution in [2.75, 3.05) is 6.61 Å². The van der Waals surface area contributed by atoms with E-state index in [2.05, 4.69) is 10.6 Å². The van der Waals surface area contributed by atoms with E-state index >= 15 is 0 Å². The van der Waals surface area contributed by atoms with Crippen molar-refractivity contribution in [2.45, 2.75) is 13.2 Å². The fourth-order valence-electron chi connectivity index (χ4n) is 0.305. The first-order chi connectivity index (χ1) is 4.22. The van der Waals surface area contributed by atoms with Crippen LogP contribution in [0.4, 0.5) is 0 Å². The number of ether oxygens (including phenoxy) is 1. The molecule has 54 valence electrons. The van der Waals surface area contributed by atoms with Crippen LogP contribution in [0.15, 0.2) is 0 Å². The minimum atomic E-state index is -1.44. The highest BCUT2D eigenvalue weighted by molar-refractivity contribution is 5.78. The first kappa shape index (κ1) is 8.35. The number of carbonyl (C=O) groups excluding carboxylic acids is 1. The Morgan fingerprint density at radius 2 is 2.56 bits per heavy atom. The molecule has 0 heterocycles. The highest BCUT2D eigenvalue weighted by Gasteiger charge is 2.11. The van der Waals surface area contributed by atoms with E-state index in [1.54, 1.807) is 12.3 Å². The van der Waals surface area contributed by atoms with Crippen LogP contribution in [0.3, 0.4) is 0 Å². The zero-order valence-electron chi connectivity index (χ0n) is 5.13. The molecule has 0 aliphatic heterocycles. The molecule has 9 heavy (non-hydrogen) atoms. The Morgan fingerprint density at radius 3 is 2.89 bits per heavy atom. The number of aliphatic hydroxyl groups is 1. The van der Waals surface area contributed by atoms with Gasteiger partial charge in [0.25, 0.3) is 5.91 Å². The number of hydrazine groups is 1. The molecule has 0 aromatic rings. The van der Waals surface area contributed by atoms with Gasteiger partial charge in [-0.15, -0.1) is 0 Å². The van der Waals surface area contributed by atoms with Crippen molar-refractivity contribution in [3.8, 4) is 0 Å². The van der Waals surface area contributed by atoms with Crippen LogP contribution in [0.25, 0.3) is 0 Å². The van der Waals surface area contributed by atoms with Crippen LogP contribution in [0.2, 0.25) is 0 Å². The summed E-state index contributed by atoms with van der Waals surface area (Å²) in [5, 5.41) is 8.60. The molecule has 1 amide bonds. The van der Waals surface area contributed by atoms with E-state index in [4.69, 9.17) is 5.11 Å². The minimum absolute atomic E-state index is 0.272. The van der Waals surface area contributed by atoms with Gasteiger partial charge in [-0.25, -0.2) is 5.84 Å². The topological polar surface area (TPSA) is 84.6 Å². The quantitative estimate of drug-likeness (QED) is 0.186. The van der Waals surface area contributed by atoms with E-state index in [-0.39, 0.29) is 6.61 Å². The fourth-order valence-corrected chi connectivity index (χ4v) is 0.305. The number of aliphatic hydroxyl groups excluding tert-OH is 1. The first-order valence-corrected chi connectivity index (χ1v) is 2.52. The second kappa shape index (κ2) is 4.25. The summed E-state index contributed by atoms with van der Waals surface area (Å²) in [6.45, 7) is 1.93. The van der Waals surface area contributed by atoms with E-state index in [0.717, 1.165) is 0 Å². The Hall–Kier alpha value is -0.650. The van der Waals surface area contributed by atoms with Crippen LogP contribution in [0.5, 0.6) is 0 Å². The van der Waals surface area contributed by atoms with Gasteiger partial charge in [-0.2, -0.15) is 0 Å². The number of hydrogen-bond donors (Lipinski definition) is 3. The predicted octanol–water partition coefficient (Wildman–Crippen LogP) is -1.67. The third-order valence-electron chi connectivity index (χ3n) is 0.691. The van der Waals surface area contributed by atoms with E-state index in [9.17, 15) is 4.79 Å². The van der Waals surface area contributed by atoms with Crippen molar-refractivity contribution in [3.05, 3.63) is 0 Å². The number of nitrogens with two attached hydrogens (primary N) is 1. The zero-order chi connectivity index (χ0) is 7.28. The standard InChI is InChI=1S/C4H10N2O3/c1-2-9-4(8)3(7)6-5/h4,8H,2,5H2,1H3,(H,6,7). The number of rotatable bonds is 3. The summed E-state index contributed by atoms with van der Waals surface area (Å²) in [4.78, 5) is 10.3. The van der Waals surface area contributed by atoms with Gasteiger partial charge in [0.2, 0.25) is 6.29 Å². The molecule has 0 aliphatic carbocycles. The van der Waals surface area contributed by atoms with Crippen molar-refractivity contribution in [2.24, 2.45) is 5.84 Å². The van der Waals surface area contributed by atoms with Gasteiger partial charge in [-0.3, -0.25) is 10.2 Å². The summed E-state index contributed by atoms with van der Waals surface area (Å²) in [6.07, 6.45) is -1.44. The molecule has 0 saturated carbocycles. The summed E-state index contributed by atoms with van der Waals surface area (Å²) in [5.74, 6) is 3.92. The summed E-state index contributed by atoms with van der Waals surface area (Å²) in [6, 6.07) is 0. The van der Waals surface area contributed by atoms with Crippen LogP contribution < -0.4 is 11.3 Å². The smallest absolute Gasteiger partial charge is 0.290 e. The zero-order valence-corrected chi connectivity index (χ0v) is 5.13. The maximum atomic E-state index is 10.3. The summed E-state index contributed by atoms with van der Waals surface area (Å²) >= 11 is 0. The van der Waals surface area contributed by atoms with Crippen molar-refractivity contribution in [3.63, 3.8) is 0 Å². The van der Waals surface area contributed by atoms with Crippen LogP contribution in [0.1, 0.15) is 6.92 Å². The Morgan fingerprint density at radius 1 is 2.00 bits per heavy atom. The second-order valence-electron chi connectivity index (χ2n) is 1.32. The molecular formula is C4H10N2O3. The van der Waals surface area contributed by atoms with Crippen LogP contribution in [-0.4, -0.2) is 23.9 Å². The Balaban J connectivity index is 3.45. The molecule has 0 saturated heterocycles. The van der Waals surface area contributed by atoms with E-state index in [0.29, 0.717) is 0 Å². The molecule has 0 spiro atoms. The number of nitrogens with one attached hydrogen (secondary N) is 1. The molecule has 0 bridgehead atoms. The van der Waals surface area contributed by atoms with Crippen molar-refractivity contribution < 1.29 is 14.6 Å². The molecule has 1 unspecified atom stereocenters. The van der Waals surface area contributed by atoms with Gasteiger partial charge in [0.15, 0.2) is 0 Å². The molecule has 0 aromatic heterocycles. The first-order valence-electron chi connectivity index (χ1n) is 2.52. The van der Waals surface area contributed by atoms with E-state index in [1.165, 1.54) is 0 Å². The molecular weight excluding hydrogens is 124 g/mol. The van der Waals surface area contributed by atoms with Crippen LogP contribution in [-0.2, 0) is 9.53 Å². The van der Waals surface area contributed by atoms with Gasteiger partial charge in [-0.1, -0.05) is 0 Å². The predicted molar refractivity (Wildman–Crippen MR) is 30.0 cm³/mol. The molecule has 0 fully saturated rings. The second-order valence-corrected chi connectivity index (χ2v) is 1.32. The van der Waals surface area contributed by atoms with Crippen molar-refractivity contribution >= 4 is 5.91 Å². The lowest BCUT2D eigenvalue weighted by molar-refractivity contribution is -0.157. The molecule has 0 aliphatic rings. The summed E-state index contributed by atoms with van der Waals surface area (Å²) < 4.78 is 4.46. The average molecular weight is 134 g/mol. The maximum absolute atomic E-state index is 10.3. The van der Waals surface area contributed by atoms with Gasteiger partial charge >= 0.3 is 0 Å². The monoisotopic (exact) mass is 134 g/mol. The van der Waals surface area contributed by atoms with Crippen LogP contribution >= 0.6 is 0 Å². The lowest BCUT2D eigenvalue weighted by Crippen LogP contribution is -2.40. The number of hydrogen-bond acceptors (Lipinski definition) is 4. The molecule has 0 radical (unpaired) electrons. The molecule has 4 N–H and O–H groups in total. The normalized spacial score (nSPS) is 12.8. The molecule has 5 nitrogen and oxygen atoms in total. The number of carbonyl (C=O) groups is 1.